The Bertz CT molecular complexity index is 333. The van der Waals surface area contributed by atoms with E-state index < -0.39 is 5.97 Å². The number of hydrogen-bond donors (Lipinski definition) is 3. The Morgan fingerprint density at radius 1 is 1.46 bits per heavy atom. The first kappa shape index (κ1) is 9.28. The van der Waals surface area contributed by atoms with Crippen LogP contribution in [0.3, 0.4) is 0 Å². The van der Waals surface area contributed by atoms with Crippen molar-refractivity contribution < 1.29 is 15.1 Å². The molecule has 1 aromatic rings. The van der Waals surface area contributed by atoms with Crippen molar-refractivity contribution in [3.05, 3.63) is 35.9 Å². The maximum Gasteiger partial charge on any atom is 0.328 e. The number of rotatable bonds is 3. The number of anilines is 1. The highest BCUT2D eigenvalue weighted by Crippen LogP contribution is 2.10. The van der Waals surface area contributed by atoms with Gasteiger partial charge < -0.3 is 5.11 Å². The lowest BCUT2D eigenvalue weighted by atomic mass is 10.2. The van der Waals surface area contributed by atoms with Crippen LogP contribution in [0, 0.1) is 0 Å². The lowest BCUT2D eigenvalue weighted by Crippen LogP contribution is -1.89. The van der Waals surface area contributed by atoms with Crippen LogP contribution < -0.4 is 5.48 Å². The van der Waals surface area contributed by atoms with Crippen LogP contribution >= 0.6 is 0 Å². The average molecular weight is 179 g/mol. The van der Waals surface area contributed by atoms with Gasteiger partial charge >= 0.3 is 5.97 Å². The third kappa shape index (κ3) is 2.96. The van der Waals surface area contributed by atoms with Crippen LogP contribution in [-0.4, -0.2) is 16.3 Å². The van der Waals surface area contributed by atoms with Crippen molar-refractivity contribution in [2.75, 3.05) is 5.48 Å². The van der Waals surface area contributed by atoms with Crippen molar-refractivity contribution in [1.82, 2.24) is 0 Å². The molecule has 0 bridgehead atoms. The SMILES string of the molecule is O=C(O)/C=C/c1cccc(NO)c1. The molecule has 0 unspecified atom stereocenters. The summed E-state index contributed by atoms with van der Waals surface area (Å²) in [4.78, 5) is 10.2. The van der Waals surface area contributed by atoms with Crippen molar-refractivity contribution in [1.29, 1.82) is 0 Å². The molecule has 0 saturated heterocycles. The lowest BCUT2D eigenvalue weighted by molar-refractivity contribution is -0.131. The quantitative estimate of drug-likeness (QED) is 0.486. The molecule has 0 spiro atoms. The van der Waals surface area contributed by atoms with E-state index in [9.17, 15) is 4.79 Å². The van der Waals surface area contributed by atoms with Gasteiger partial charge in [-0.1, -0.05) is 12.1 Å². The molecule has 3 N–H and O–H groups in total. The third-order valence-corrected chi connectivity index (χ3v) is 1.43. The molecule has 0 aliphatic rings. The second kappa shape index (κ2) is 4.27. The number of aliphatic carboxylic acids is 1. The molecule has 0 aromatic heterocycles. The topological polar surface area (TPSA) is 69.6 Å². The normalized spacial score (nSPS) is 10.2. The summed E-state index contributed by atoms with van der Waals surface area (Å²) < 4.78 is 0. The van der Waals surface area contributed by atoms with Gasteiger partial charge in [-0.05, 0) is 23.8 Å². The van der Waals surface area contributed by atoms with Crippen molar-refractivity contribution >= 4 is 17.7 Å². The van der Waals surface area contributed by atoms with E-state index >= 15 is 0 Å². The molecule has 0 aliphatic heterocycles. The van der Waals surface area contributed by atoms with Gasteiger partial charge in [0, 0.05) is 6.08 Å². The Morgan fingerprint density at radius 2 is 2.23 bits per heavy atom. The van der Waals surface area contributed by atoms with Gasteiger partial charge in [0.05, 0.1) is 5.69 Å². The standard InChI is InChI=1S/C9H9NO3/c11-9(12)5-4-7-2-1-3-8(6-7)10-13/h1-6,10,13H,(H,11,12)/b5-4+. The van der Waals surface area contributed by atoms with Crippen molar-refractivity contribution in [2.24, 2.45) is 0 Å². The van der Waals surface area contributed by atoms with Crippen LogP contribution in [0.25, 0.3) is 6.08 Å². The number of hydrogen-bond acceptors (Lipinski definition) is 3. The number of carboxylic acids is 1. The van der Waals surface area contributed by atoms with Gasteiger partial charge in [-0.2, -0.15) is 0 Å². The fourth-order valence-electron chi connectivity index (χ4n) is 0.879. The minimum Gasteiger partial charge on any atom is -0.478 e. The summed E-state index contributed by atoms with van der Waals surface area (Å²) in [5.74, 6) is -0.998. The highest BCUT2D eigenvalue weighted by molar-refractivity contribution is 5.85. The van der Waals surface area contributed by atoms with Crippen molar-refractivity contribution in [3.8, 4) is 0 Å². The number of carbonyl (C=O) groups is 1. The Kier molecular flexibility index (Phi) is 3.05. The molecule has 0 aliphatic carbocycles. The highest BCUT2D eigenvalue weighted by Gasteiger charge is 1.91. The lowest BCUT2D eigenvalue weighted by Gasteiger charge is -1.98. The van der Waals surface area contributed by atoms with E-state index in [0.29, 0.717) is 11.3 Å². The summed E-state index contributed by atoms with van der Waals surface area (Å²) >= 11 is 0. The van der Waals surface area contributed by atoms with E-state index in [1.165, 1.54) is 6.08 Å². The summed E-state index contributed by atoms with van der Waals surface area (Å²) in [6.45, 7) is 0. The molecule has 13 heavy (non-hydrogen) atoms. The summed E-state index contributed by atoms with van der Waals surface area (Å²) in [6.07, 6.45) is 2.49. The molecule has 4 nitrogen and oxygen atoms in total. The predicted molar refractivity (Wildman–Crippen MR) is 48.5 cm³/mol. The van der Waals surface area contributed by atoms with E-state index in [0.717, 1.165) is 6.08 Å². The first-order valence-corrected chi connectivity index (χ1v) is 3.63. The Hall–Kier alpha value is -1.81. The van der Waals surface area contributed by atoms with Gasteiger partial charge in [-0.3, -0.25) is 10.7 Å². The van der Waals surface area contributed by atoms with E-state index in [2.05, 4.69) is 0 Å². The fraction of sp³-hybridized carbons (Fsp3) is 0. The fourth-order valence-corrected chi connectivity index (χ4v) is 0.879. The van der Waals surface area contributed by atoms with Gasteiger partial charge in [0.1, 0.15) is 0 Å². The number of benzene rings is 1. The monoisotopic (exact) mass is 179 g/mol. The Morgan fingerprint density at radius 3 is 2.85 bits per heavy atom. The summed E-state index contributed by atoms with van der Waals surface area (Å²) in [7, 11) is 0. The average Bonchev–Trinajstić information content (AvgIpc) is 2.15. The van der Waals surface area contributed by atoms with E-state index in [1.54, 1.807) is 24.3 Å². The van der Waals surface area contributed by atoms with Gasteiger partial charge in [-0.25, -0.2) is 4.79 Å². The van der Waals surface area contributed by atoms with Gasteiger partial charge in [0.2, 0.25) is 0 Å². The smallest absolute Gasteiger partial charge is 0.328 e. The Balaban J connectivity index is 2.83. The molecular weight excluding hydrogens is 170 g/mol. The first-order valence-electron chi connectivity index (χ1n) is 3.63. The second-order valence-electron chi connectivity index (χ2n) is 2.41. The van der Waals surface area contributed by atoms with E-state index in [4.69, 9.17) is 10.3 Å². The first-order chi connectivity index (χ1) is 6.22. The predicted octanol–water partition coefficient (Wildman–Crippen LogP) is 1.59. The highest BCUT2D eigenvalue weighted by atomic mass is 16.5. The zero-order valence-electron chi connectivity index (χ0n) is 6.77. The molecule has 0 saturated carbocycles. The largest absolute Gasteiger partial charge is 0.478 e. The second-order valence-corrected chi connectivity index (χ2v) is 2.41. The molecule has 0 heterocycles. The Labute approximate surface area is 75.1 Å². The van der Waals surface area contributed by atoms with Crippen LogP contribution in [0.5, 0.6) is 0 Å². The van der Waals surface area contributed by atoms with Gasteiger partial charge in [0.15, 0.2) is 0 Å². The summed E-state index contributed by atoms with van der Waals surface area (Å²) in [5, 5.41) is 16.9. The molecule has 0 amide bonds. The van der Waals surface area contributed by atoms with Crippen molar-refractivity contribution in [3.63, 3.8) is 0 Å². The third-order valence-electron chi connectivity index (χ3n) is 1.43. The number of nitrogens with one attached hydrogen (secondary N) is 1. The molecule has 1 rings (SSSR count). The van der Waals surface area contributed by atoms with Crippen LogP contribution in [0.1, 0.15) is 5.56 Å². The summed E-state index contributed by atoms with van der Waals surface area (Å²) in [5.41, 5.74) is 3.20. The minimum absolute atomic E-state index is 0.521. The molecule has 0 radical (unpaired) electrons. The minimum atomic E-state index is -0.998. The zero-order chi connectivity index (χ0) is 9.68. The van der Waals surface area contributed by atoms with Crippen LogP contribution in [-0.2, 0) is 4.79 Å². The van der Waals surface area contributed by atoms with Crippen LogP contribution in [0.2, 0.25) is 0 Å². The molecule has 68 valence electrons. The zero-order valence-corrected chi connectivity index (χ0v) is 6.77. The number of carboxylic acid groups (broad SMARTS) is 1. The maximum absolute atomic E-state index is 10.2. The molecular formula is C9H9NO3. The van der Waals surface area contributed by atoms with Crippen LogP contribution in [0.15, 0.2) is 30.3 Å². The molecule has 1 aromatic carbocycles. The van der Waals surface area contributed by atoms with E-state index in [-0.39, 0.29) is 0 Å². The van der Waals surface area contributed by atoms with Gasteiger partial charge in [-0.15, -0.1) is 0 Å². The van der Waals surface area contributed by atoms with E-state index in [1.807, 2.05) is 5.48 Å². The van der Waals surface area contributed by atoms with Gasteiger partial charge in [0.25, 0.3) is 0 Å². The van der Waals surface area contributed by atoms with Crippen molar-refractivity contribution in [2.45, 2.75) is 0 Å². The molecule has 0 fully saturated rings. The summed E-state index contributed by atoms with van der Waals surface area (Å²) in [6, 6.07) is 6.73. The maximum atomic E-state index is 10.2. The molecule has 4 heteroatoms. The van der Waals surface area contributed by atoms with Crippen LogP contribution in [0.4, 0.5) is 5.69 Å². The molecule has 0 atom stereocenters.